The summed E-state index contributed by atoms with van der Waals surface area (Å²) < 4.78 is 0. The van der Waals surface area contributed by atoms with Crippen LogP contribution in [0.4, 0.5) is 0 Å². The quantitative estimate of drug-likeness (QED) is 0.812. The number of carboxylic acids is 1. The molecule has 1 aromatic carbocycles. The normalized spacial score (nSPS) is 20.2. The van der Waals surface area contributed by atoms with Gasteiger partial charge in [-0.15, -0.1) is 0 Å². The Labute approximate surface area is 132 Å². The van der Waals surface area contributed by atoms with Crippen molar-refractivity contribution in [2.45, 2.75) is 38.1 Å². The van der Waals surface area contributed by atoms with Gasteiger partial charge in [0.25, 0.3) is 0 Å². The van der Waals surface area contributed by atoms with Crippen molar-refractivity contribution in [3.8, 4) is 0 Å². The number of aromatic carboxylic acids is 1. The van der Waals surface area contributed by atoms with E-state index in [0.29, 0.717) is 5.56 Å². The van der Waals surface area contributed by atoms with Gasteiger partial charge in [0, 0.05) is 12.6 Å². The van der Waals surface area contributed by atoms with Gasteiger partial charge < -0.3 is 15.3 Å². The van der Waals surface area contributed by atoms with E-state index in [1.165, 1.54) is 50.9 Å². The Kier molecular flexibility index (Phi) is 5.11. The van der Waals surface area contributed by atoms with Crippen LogP contribution in [0.25, 0.3) is 0 Å². The molecular formula is C18H26N2O2. The summed E-state index contributed by atoms with van der Waals surface area (Å²) in [5, 5.41) is 12.5. The molecule has 0 bridgehead atoms. The molecule has 1 aromatic rings. The van der Waals surface area contributed by atoms with Gasteiger partial charge in [-0.05, 0) is 75.4 Å². The van der Waals surface area contributed by atoms with Crippen LogP contribution in [0.2, 0.25) is 0 Å². The van der Waals surface area contributed by atoms with Crippen LogP contribution in [0.5, 0.6) is 0 Å². The van der Waals surface area contributed by atoms with E-state index >= 15 is 0 Å². The number of nitrogens with zero attached hydrogens (tertiary/aromatic N) is 1. The number of benzene rings is 1. The van der Waals surface area contributed by atoms with Gasteiger partial charge in [0.2, 0.25) is 0 Å². The summed E-state index contributed by atoms with van der Waals surface area (Å²) >= 11 is 0. The average molecular weight is 302 g/mol. The number of piperidine rings is 1. The molecule has 0 amide bonds. The third kappa shape index (κ3) is 4.55. The number of carboxylic acid groups (broad SMARTS) is 1. The fourth-order valence-electron chi connectivity index (χ4n) is 3.14. The first-order valence-electron chi connectivity index (χ1n) is 8.48. The molecule has 22 heavy (non-hydrogen) atoms. The summed E-state index contributed by atoms with van der Waals surface area (Å²) in [6.07, 6.45) is 6.36. The number of nitrogens with one attached hydrogen (secondary N) is 1. The van der Waals surface area contributed by atoms with Crippen molar-refractivity contribution in [2.75, 3.05) is 26.2 Å². The Balaban J connectivity index is 1.36. The lowest BCUT2D eigenvalue weighted by atomic mass is 9.96. The lowest BCUT2D eigenvalue weighted by Crippen LogP contribution is -2.38. The second kappa shape index (κ2) is 7.25. The topological polar surface area (TPSA) is 52.6 Å². The minimum absolute atomic E-state index is 0.368. The molecule has 1 heterocycles. The molecule has 1 aliphatic heterocycles. The SMILES string of the molecule is O=C(O)c1ccc(CCN2CCC(CNC3CC3)CC2)cc1. The molecule has 0 atom stereocenters. The van der Waals surface area contributed by atoms with Crippen molar-refractivity contribution < 1.29 is 9.90 Å². The van der Waals surface area contributed by atoms with E-state index in [2.05, 4.69) is 10.2 Å². The van der Waals surface area contributed by atoms with Crippen molar-refractivity contribution >= 4 is 5.97 Å². The van der Waals surface area contributed by atoms with E-state index in [1.807, 2.05) is 12.1 Å². The standard InChI is InChI=1S/C18H26N2O2/c21-18(22)16-3-1-14(2-4-16)7-10-20-11-8-15(9-12-20)13-19-17-5-6-17/h1-4,15,17,19H,5-13H2,(H,21,22). The van der Waals surface area contributed by atoms with E-state index < -0.39 is 5.97 Å². The van der Waals surface area contributed by atoms with Crippen molar-refractivity contribution in [1.29, 1.82) is 0 Å². The van der Waals surface area contributed by atoms with E-state index in [1.54, 1.807) is 12.1 Å². The molecule has 0 unspecified atom stereocenters. The Hall–Kier alpha value is -1.39. The summed E-state index contributed by atoms with van der Waals surface area (Å²) in [6.45, 7) is 4.68. The number of hydrogen-bond donors (Lipinski definition) is 2. The lowest BCUT2D eigenvalue weighted by Gasteiger charge is -2.32. The summed E-state index contributed by atoms with van der Waals surface area (Å²) in [7, 11) is 0. The second-order valence-corrected chi connectivity index (χ2v) is 6.72. The highest BCUT2D eigenvalue weighted by atomic mass is 16.4. The van der Waals surface area contributed by atoms with Crippen molar-refractivity contribution in [3.63, 3.8) is 0 Å². The summed E-state index contributed by atoms with van der Waals surface area (Å²) in [4.78, 5) is 13.4. The second-order valence-electron chi connectivity index (χ2n) is 6.72. The van der Waals surface area contributed by atoms with Crippen LogP contribution in [0.1, 0.15) is 41.6 Å². The van der Waals surface area contributed by atoms with E-state index in [-0.39, 0.29) is 0 Å². The monoisotopic (exact) mass is 302 g/mol. The molecule has 120 valence electrons. The van der Waals surface area contributed by atoms with Gasteiger partial charge in [0.1, 0.15) is 0 Å². The van der Waals surface area contributed by atoms with E-state index in [9.17, 15) is 4.79 Å². The molecule has 0 aromatic heterocycles. The minimum Gasteiger partial charge on any atom is -0.478 e. The fraction of sp³-hybridized carbons (Fsp3) is 0.611. The van der Waals surface area contributed by atoms with Gasteiger partial charge in [-0.3, -0.25) is 0 Å². The molecule has 4 heteroatoms. The highest BCUT2D eigenvalue weighted by Gasteiger charge is 2.24. The molecule has 2 N–H and O–H groups in total. The zero-order valence-electron chi connectivity index (χ0n) is 13.1. The summed E-state index contributed by atoms with van der Waals surface area (Å²) in [5.74, 6) is 0.000120. The molecule has 3 rings (SSSR count). The molecule has 2 fully saturated rings. The van der Waals surface area contributed by atoms with Crippen LogP contribution < -0.4 is 5.32 Å². The largest absolute Gasteiger partial charge is 0.478 e. The van der Waals surface area contributed by atoms with Crippen molar-refractivity contribution in [2.24, 2.45) is 5.92 Å². The third-order valence-corrected chi connectivity index (χ3v) is 4.90. The van der Waals surface area contributed by atoms with Gasteiger partial charge in [-0.2, -0.15) is 0 Å². The molecule has 1 saturated carbocycles. The zero-order chi connectivity index (χ0) is 15.4. The smallest absolute Gasteiger partial charge is 0.335 e. The summed E-state index contributed by atoms with van der Waals surface area (Å²) in [5.41, 5.74) is 1.59. The zero-order valence-corrected chi connectivity index (χ0v) is 13.1. The maximum Gasteiger partial charge on any atom is 0.335 e. The number of carbonyl (C=O) groups is 1. The van der Waals surface area contributed by atoms with E-state index in [0.717, 1.165) is 24.9 Å². The van der Waals surface area contributed by atoms with Crippen molar-refractivity contribution in [1.82, 2.24) is 10.2 Å². The first kappa shape index (κ1) is 15.5. The molecule has 2 aliphatic rings. The Morgan fingerprint density at radius 1 is 1.14 bits per heavy atom. The highest BCUT2D eigenvalue weighted by molar-refractivity contribution is 5.87. The van der Waals surface area contributed by atoms with E-state index in [4.69, 9.17) is 5.11 Å². The van der Waals surface area contributed by atoms with Crippen molar-refractivity contribution in [3.05, 3.63) is 35.4 Å². The Morgan fingerprint density at radius 2 is 1.82 bits per heavy atom. The maximum absolute atomic E-state index is 10.8. The van der Waals surface area contributed by atoms with Crippen LogP contribution >= 0.6 is 0 Å². The molecule has 4 nitrogen and oxygen atoms in total. The molecule has 1 saturated heterocycles. The Bertz CT molecular complexity index is 488. The first-order valence-corrected chi connectivity index (χ1v) is 8.48. The average Bonchev–Trinajstić information content (AvgIpc) is 3.36. The van der Waals surface area contributed by atoms with Crippen LogP contribution in [-0.4, -0.2) is 48.2 Å². The van der Waals surface area contributed by atoms with Gasteiger partial charge in [0.05, 0.1) is 5.56 Å². The van der Waals surface area contributed by atoms with Gasteiger partial charge in [0.15, 0.2) is 0 Å². The van der Waals surface area contributed by atoms with Gasteiger partial charge >= 0.3 is 5.97 Å². The summed E-state index contributed by atoms with van der Waals surface area (Å²) in [6, 6.07) is 8.11. The van der Waals surface area contributed by atoms with Gasteiger partial charge in [-0.25, -0.2) is 4.79 Å². The lowest BCUT2D eigenvalue weighted by molar-refractivity contribution is 0.0697. The number of likely N-dealkylation sites (tertiary alicyclic amines) is 1. The number of rotatable bonds is 7. The molecule has 0 spiro atoms. The number of hydrogen-bond acceptors (Lipinski definition) is 3. The molecular weight excluding hydrogens is 276 g/mol. The predicted octanol–water partition coefficient (Wildman–Crippen LogP) is 2.39. The molecule has 1 aliphatic carbocycles. The van der Waals surface area contributed by atoms with Crippen LogP contribution in [0, 0.1) is 5.92 Å². The predicted molar refractivity (Wildman–Crippen MR) is 87.3 cm³/mol. The van der Waals surface area contributed by atoms with Crippen LogP contribution in [-0.2, 0) is 6.42 Å². The first-order chi connectivity index (χ1) is 10.7. The molecule has 0 radical (unpaired) electrons. The van der Waals surface area contributed by atoms with Crippen LogP contribution in [0.3, 0.4) is 0 Å². The maximum atomic E-state index is 10.8. The third-order valence-electron chi connectivity index (χ3n) is 4.90. The van der Waals surface area contributed by atoms with Crippen LogP contribution in [0.15, 0.2) is 24.3 Å². The Morgan fingerprint density at radius 3 is 2.41 bits per heavy atom. The fourth-order valence-corrected chi connectivity index (χ4v) is 3.14. The minimum atomic E-state index is -0.853. The highest BCUT2D eigenvalue weighted by Crippen LogP contribution is 2.22. The van der Waals surface area contributed by atoms with Gasteiger partial charge in [-0.1, -0.05) is 12.1 Å².